The molecule has 3 atom stereocenters. The van der Waals surface area contributed by atoms with Crippen molar-refractivity contribution in [2.75, 3.05) is 0 Å². The average molecular weight is 197 g/mol. The highest BCUT2D eigenvalue weighted by Gasteiger charge is 2.45. The summed E-state index contributed by atoms with van der Waals surface area (Å²) < 4.78 is 0. The van der Waals surface area contributed by atoms with E-state index in [1.807, 2.05) is 6.92 Å². The second kappa shape index (κ2) is 3.65. The van der Waals surface area contributed by atoms with Gasteiger partial charge in [0.25, 0.3) is 0 Å². The summed E-state index contributed by atoms with van der Waals surface area (Å²) in [6.07, 6.45) is 2.71. The second-order valence-corrected chi connectivity index (χ2v) is 5.18. The summed E-state index contributed by atoms with van der Waals surface area (Å²) in [7, 11) is 0. The fourth-order valence-electron chi connectivity index (χ4n) is 2.34. The number of Topliss-reactive ketones (excluding diaryl/α,β-unsaturated/α-hetero) is 1. The molecule has 0 radical (unpaired) electrons. The van der Waals surface area contributed by atoms with Crippen LogP contribution in [0.25, 0.3) is 0 Å². The van der Waals surface area contributed by atoms with Crippen LogP contribution in [-0.4, -0.2) is 16.9 Å². The highest BCUT2D eigenvalue weighted by Crippen LogP contribution is 2.34. The second-order valence-electron chi connectivity index (χ2n) is 5.18. The molecule has 1 fully saturated rings. The van der Waals surface area contributed by atoms with E-state index in [0.717, 1.165) is 12.8 Å². The summed E-state index contributed by atoms with van der Waals surface area (Å²) in [6.45, 7) is 10.7. The Kier molecular flexibility index (Phi) is 3.05. The molecule has 3 unspecified atom stereocenters. The molecule has 82 valence electrons. The van der Waals surface area contributed by atoms with Gasteiger partial charge in [0.15, 0.2) is 0 Å². The van der Waals surface area contributed by atoms with Crippen molar-refractivity contribution in [3.63, 3.8) is 0 Å². The summed E-state index contributed by atoms with van der Waals surface area (Å²) in [6, 6.07) is 0. The number of piperidine rings is 1. The van der Waals surface area contributed by atoms with E-state index in [1.165, 1.54) is 0 Å². The Morgan fingerprint density at radius 1 is 1.36 bits per heavy atom. The molecule has 1 N–H and O–H groups in total. The minimum absolute atomic E-state index is 0.00829. The van der Waals surface area contributed by atoms with Gasteiger partial charge in [-0.25, -0.2) is 0 Å². The normalized spacial score (nSPS) is 44.1. The van der Waals surface area contributed by atoms with Gasteiger partial charge in [0, 0.05) is 23.4 Å². The Labute approximate surface area is 87.5 Å². The van der Waals surface area contributed by atoms with E-state index >= 15 is 0 Å². The van der Waals surface area contributed by atoms with Gasteiger partial charge in [-0.05, 0) is 26.7 Å². The zero-order valence-corrected chi connectivity index (χ0v) is 10.1. The molecule has 0 amide bonds. The molecule has 1 rings (SSSR count). The van der Waals surface area contributed by atoms with Crippen LogP contribution >= 0.6 is 0 Å². The first-order valence-corrected chi connectivity index (χ1v) is 5.69. The van der Waals surface area contributed by atoms with E-state index in [9.17, 15) is 4.79 Å². The van der Waals surface area contributed by atoms with Gasteiger partial charge in [-0.15, -0.1) is 0 Å². The lowest BCUT2D eigenvalue weighted by Gasteiger charge is -2.48. The summed E-state index contributed by atoms with van der Waals surface area (Å²) in [4.78, 5) is 11.9. The maximum Gasteiger partial charge on any atom is 0.139 e. The minimum atomic E-state index is -0.0138. The third-order valence-corrected chi connectivity index (χ3v) is 4.11. The predicted octanol–water partition coefficient (Wildman–Crippen LogP) is 2.52. The summed E-state index contributed by atoms with van der Waals surface area (Å²) in [5.41, 5.74) is -0.00551. The van der Waals surface area contributed by atoms with Gasteiger partial charge in [-0.3, -0.25) is 4.79 Å². The molecule has 2 nitrogen and oxygen atoms in total. The van der Waals surface area contributed by atoms with Crippen molar-refractivity contribution in [1.82, 2.24) is 5.32 Å². The van der Waals surface area contributed by atoms with E-state index in [4.69, 9.17) is 0 Å². The standard InChI is InChI=1S/C12H23NO/c1-6-11(4)8-10(14)9(3)12(5,7-2)13-11/h9,13H,6-8H2,1-5H3. The van der Waals surface area contributed by atoms with Gasteiger partial charge in [0.05, 0.1) is 0 Å². The van der Waals surface area contributed by atoms with Crippen molar-refractivity contribution in [3.8, 4) is 0 Å². The van der Waals surface area contributed by atoms with Gasteiger partial charge in [-0.2, -0.15) is 0 Å². The first-order chi connectivity index (χ1) is 6.37. The van der Waals surface area contributed by atoms with Gasteiger partial charge >= 0.3 is 0 Å². The third-order valence-electron chi connectivity index (χ3n) is 4.11. The maximum absolute atomic E-state index is 11.9. The molecule has 0 aromatic heterocycles. The zero-order chi connectivity index (χ0) is 11.0. The van der Waals surface area contributed by atoms with Crippen molar-refractivity contribution in [1.29, 1.82) is 0 Å². The Hall–Kier alpha value is -0.370. The first-order valence-electron chi connectivity index (χ1n) is 5.69. The lowest BCUT2D eigenvalue weighted by molar-refractivity contribution is -0.130. The summed E-state index contributed by atoms with van der Waals surface area (Å²) in [5, 5.41) is 3.66. The zero-order valence-electron chi connectivity index (χ0n) is 10.1. The van der Waals surface area contributed by atoms with Crippen LogP contribution in [0, 0.1) is 5.92 Å². The number of carbonyl (C=O) groups is 1. The third kappa shape index (κ3) is 1.85. The molecule has 0 aromatic carbocycles. The first kappa shape index (κ1) is 11.7. The van der Waals surface area contributed by atoms with Crippen molar-refractivity contribution in [3.05, 3.63) is 0 Å². The Morgan fingerprint density at radius 2 is 1.93 bits per heavy atom. The van der Waals surface area contributed by atoms with Crippen LogP contribution in [0.15, 0.2) is 0 Å². The Morgan fingerprint density at radius 3 is 2.36 bits per heavy atom. The van der Waals surface area contributed by atoms with Crippen molar-refractivity contribution < 1.29 is 4.79 Å². The predicted molar refractivity (Wildman–Crippen MR) is 59.3 cm³/mol. The van der Waals surface area contributed by atoms with E-state index < -0.39 is 0 Å². The highest BCUT2D eigenvalue weighted by atomic mass is 16.1. The van der Waals surface area contributed by atoms with Gasteiger partial charge in [0.1, 0.15) is 5.78 Å². The van der Waals surface area contributed by atoms with Crippen LogP contribution < -0.4 is 5.32 Å². The van der Waals surface area contributed by atoms with Crippen LogP contribution in [0.2, 0.25) is 0 Å². The van der Waals surface area contributed by atoms with Gasteiger partial charge < -0.3 is 5.32 Å². The molecule has 14 heavy (non-hydrogen) atoms. The lowest BCUT2D eigenvalue weighted by atomic mass is 9.71. The van der Waals surface area contributed by atoms with Crippen molar-refractivity contribution >= 4 is 5.78 Å². The molecular formula is C12H23NO. The quantitative estimate of drug-likeness (QED) is 0.737. The molecule has 0 bridgehead atoms. The molecule has 0 saturated carbocycles. The summed E-state index contributed by atoms with van der Waals surface area (Å²) in [5.74, 6) is 0.560. The molecule has 2 heteroatoms. The maximum atomic E-state index is 11.9. The fraction of sp³-hybridized carbons (Fsp3) is 0.917. The van der Waals surface area contributed by atoms with Crippen LogP contribution in [0.4, 0.5) is 0 Å². The largest absolute Gasteiger partial charge is 0.305 e. The lowest BCUT2D eigenvalue weighted by Crippen LogP contribution is -2.64. The number of nitrogens with one attached hydrogen (secondary N) is 1. The van der Waals surface area contributed by atoms with Crippen LogP contribution in [0.3, 0.4) is 0 Å². The fourth-order valence-corrected chi connectivity index (χ4v) is 2.34. The molecule has 1 heterocycles. The minimum Gasteiger partial charge on any atom is -0.305 e. The average Bonchev–Trinajstić information content (AvgIpc) is 2.14. The number of ketones is 1. The number of hydrogen-bond acceptors (Lipinski definition) is 2. The van der Waals surface area contributed by atoms with E-state index in [1.54, 1.807) is 0 Å². The summed E-state index contributed by atoms with van der Waals surface area (Å²) >= 11 is 0. The number of hydrogen-bond donors (Lipinski definition) is 1. The Balaban J connectivity index is 2.93. The molecule has 0 spiro atoms. The van der Waals surface area contributed by atoms with Crippen molar-refractivity contribution in [2.45, 2.75) is 65.0 Å². The van der Waals surface area contributed by atoms with E-state index in [0.29, 0.717) is 12.2 Å². The molecule has 1 aliphatic rings. The molecule has 1 saturated heterocycles. The van der Waals surface area contributed by atoms with Crippen LogP contribution in [0.1, 0.15) is 53.9 Å². The smallest absolute Gasteiger partial charge is 0.139 e. The van der Waals surface area contributed by atoms with Crippen molar-refractivity contribution in [2.24, 2.45) is 5.92 Å². The van der Waals surface area contributed by atoms with Crippen LogP contribution in [-0.2, 0) is 4.79 Å². The van der Waals surface area contributed by atoms with Gasteiger partial charge in [-0.1, -0.05) is 20.8 Å². The van der Waals surface area contributed by atoms with E-state index in [-0.39, 0.29) is 17.0 Å². The van der Waals surface area contributed by atoms with Gasteiger partial charge in [0.2, 0.25) is 0 Å². The molecular weight excluding hydrogens is 174 g/mol. The van der Waals surface area contributed by atoms with Crippen LogP contribution in [0.5, 0.6) is 0 Å². The number of rotatable bonds is 2. The SMILES string of the molecule is CCC1(C)CC(=O)C(C)C(C)(CC)N1. The highest BCUT2D eigenvalue weighted by molar-refractivity contribution is 5.84. The van der Waals surface area contributed by atoms with E-state index in [2.05, 4.69) is 33.0 Å². The molecule has 1 aliphatic heterocycles. The molecule has 0 aromatic rings. The monoisotopic (exact) mass is 197 g/mol. The topological polar surface area (TPSA) is 29.1 Å². The Bertz CT molecular complexity index is 238. The number of carbonyl (C=O) groups excluding carboxylic acids is 1. The molecule has 0 aliphatic carbocycles.